The van der Waals surface area contributed by atoms with Gasteiger partial charge in [-0.05, 0) is 86.3 Å². The molecular formula is C51H29N3O2. The Morgan fingerprint density at radius 1 is 0.286 bits per heavy atom. The quantitative estimate of drug-likeness (QED) is 0.166. The van der Waals surface area contributed by atoms with Gasteiger partial charge in [0.2, 0.25) is 0 Å². The van der Waals surface area contributed by atoms with E-state index in [1.807, 2.05) is 48.5 Å². The lowest BCUT2D eigenvalue weighted by atomic mass is 9.91. The predicted octanol–water partition coefficient (Wildman–Crippen LogP) is 13.7. The number of benzene rings is 9. The van der Waals surface area contributed by atoms with Crippen LogP contribution < -0.4 is 0 Å². The van der Waals surface area contributed by atoms with Crippen molar-refractivity contribution in [1.29, 1.82) is 0 Å². The van der Waals surface area contributed by atoms with Crippen LogP contribution in [0.4, 0.5) is 0 Å². The van der Waals surface area contributed by atoms with Gasteiger partial charge in [-0.15, -0.1) is 0 Å². The minimum absolute atomic E-state index is 0.544. The fourth-order valence-corrected chi connectivity index (χ4v) is 8.47. The summed E-state index contributed by atoms with van der Waals surface area (Å²) in [5.41, 5.74) is 10.3. The molecule has 0 aliphatic heterocycles. The molecule has 0 saturated heterocycles. The highest BCUT2D eigenvalue weighted by Gasteiger charge is 2.21. The molecule has 0 saturated carbocycles. The Morgan fingerprint density at radius 3 is 1.62 bits per heavy atom. The van der Waals surface area contributed by atoms with Crippen LogP contribution in [0.5, 0.6) is 0 Å². The molecule has 12 rings (SSSR count). The van der Waals surface area contributed by atoms with E-state index in [0.717, 1.165) is 72.0 Å². The molecule has 5 nitrogen and oxygen atoms in total. The number of rotatable bonds is 5. The van der Waals surface area contributed by atoms with Crippen LogP contribution in [0.3, 0.4) is 0 Å². The molecular weight excluding hydrogens is 687 g/mol. The van der Waals surface area contributed by atoms with Crippen LogP contribution in [-0.2, 0) is 0 Å². The molecule has 0 radical (unpaired) electrons. The molecule has 5 heteroatoms. The summed E-state index contributed by atoms with van der Waals surface area (Å²) in [5, 5.41) is 9.15. The minimum Gasteiger partial charge on any atom is -0.456 e. The van der Waals surface area contributed by atoms with E-state index in [2.05, 4.69) is 127 Å². The lowest BCUT2D eigenvalue weighted by Gasteiger charge is -2.13. The third-order valence-corrected chi connectivity index (χ3v) is 11.1. The Bertz CT molecular complexity index is 3470. The van der Waals surface area contributed by atoms with Crippen LogP contribution in [0, 0.1) is 0 Å². The first kappa shape index (κ1) is 30.8. The van der Waals surface area contributed by atoms with E-state index in [1.165, 1.54) is 32.3 Å². The molecule has 0 amide bonds. The molecule has 12 aromatic rings. The van der Waals surface area contributed by atoms with Gasteiger partial charge in [0.15, 0.2) is 17.5 Å². The third kappa shape index (κ3) is 4.71. The van der Waals surface area contributed by atoms with Crippen molar-refractivity contribution in [2.45, 2.75) is 0 Å². The summed E-state index contributed by atoms with van der Waals surface area (Å²) in [5.74, 6) is 1.73. The maximum atomic E-state index is 6.68. The molecule has 0 aliphatic rings. The van der Waals surface area contributed by atoms with Gasteiger partial charge in [0.25, 0.3) is 0 Å². The van der Waals surface area contributed by atoms with Crippen molar-refractivity contribution < 1.29 is 8.83 Å². The van der Waals surface area contributed by atoms with Gasteiger partial charge in [-0.2, -0.15) is 0 Å². The van der Waals surface area contributed by atoms with Crippen molar-refractivity contribution in [2.75, 3.05) is 0 Å². The van der Waals surface area contributed by atoms with Crippen LogP contribution in [0.15, 0.2) is 185 Å². The first-order chi connectivity index (χ1) is 27.7. The van der Waals surface area contributed by atoms with Gasteiger partial charge in [-0.1, -0.05) is 133 Å². The number of para-hydroxylation sites is 1. The Hall–Kier alpha value is -7.63. The van der Waals surface area contributed by atoms with Crippen molar-refractivity contribution in [3.05, 3.63) is 176 Å². The van der Waals surface area contributed by atoms with E-state index in [0.29, 0.717) is 17.5 Å². The number of fused-ring (bicyclic) bond motifs is 6. The highest BCUT2D eigenvalue weighted by Crippen LogP contribution is 2.45. The number of nitrogens with zero attached hydrogens (tertiary/aromatic N) is 3. The third-order valence-electron chi connectivity index (χ3n) is 11.1. The second kappa shape index (κ2) is 11.9. The van der Waals surface area contributed by atoms with Crippen LogP contribution >= 0.6 is 0 Å². The summed E-state index contributed by atoms with van der Waals surface area (Å²) in [6, 6.07) is 61.0. The maximum Gasteiger partial charge on any atom is 0.167 e. The van der Waals surface area contributed by atoms with Crippen LogP contribution in [0.1, 0.15) is 0 Å². The van der Waals surface area contributed by atoms with Gasteiger partial charge in [0, 0.05) is 32.7 Å². The van der Waals surface area contributed by atoms with Gasteiger partial charge < -0.3 is 8.83 Å². The largest absolute Gasteiger partial charge is 0.456 e. The van der Waals surface area contributed by atoms with Crippen molar-refractivity contribution in [2.24, 2.45) is 0 Å². The van der Waals surface area contributed by atoms with Crippen LogP contribution in [0.25, 0.3) is 122 Å². The summed E-state index contributed by atoms with van der Waals surface area (Å²) in [6.07, 6.45) is 0. The van der Waals surface area contributed by atoms with E-state index in [9.17, 15) is 0 Å². The number of hydrogen-bond acceptors (Lipinski definition) is 5. The van der Waals surface area contributed by atoms with E-state index < -0.39 is 0 Å². The summed E-state index contributed by atoms with van der Waals surface area (Å²) in [6.45, 7) is 0. The molecule has 0 fully saturated rings. The molecule has 9 aromatic carbocycles. The first-order valence-corrected chi connectivity index (χ1v) is 18.8. The number of furan rings is 2. The smallest absolute Gasteiger partial charge is 0.167 e. The molecule has 0 bridgehead atoms. The standard InChI is InChI=1S/C51H29N3O2/c1-3-12-30(13-4-1)32-16-9-17-34(26-32)50-52-49(31-14-5-2-6-15-31)53-51(54-50)42-29-35(28-41-37-18-7-8-21-43(37)56-48(41)42)33-24-25-36-38-19-10-22-44-46(38)47-39(40(36)27-33)20-11-23-45(47)55-44/h1-29H. The van der Waals surface area contributed by atoms with Crippen molar-refractivity contribution >= 4 is 65.4 Å². The highest BCUT2D eigenvalue weighted by molar-refractivity contribution is 6.33. The van der Waals surface area contributed by atoms with Crippen LogP contribution in [-0.4, -0.2) is 15.0 Å². The van der Waals surface area contributed by atoms with Crippen molar-refractivity contribution in [3.8, 4) is 56.4 Å². The maximum absolute atomic E-state index is 6.68. The fraction of sp³-hybridized carbons (Fsp3) is 0. The summed E-state index contributed by atoms with van der Waals surface area (Å²) < 4.78 is 13.0. The van der Waals surface area contributed by atoms with Crippen LogP contribution in [0.2, 0.25) is 0 Å². The van der Waals surface area contributed by atoms with Gasteiger partial charge in [0.1, 0.15) is 22.3 Å². The molecule has 0 unspecified atom stereocenters. The predicted molar refractivity (Wildman–Crippen MR) is 228 cm³/mol. The lowest BCUT2D eigenvalue weighted by molar-refractivity contribution is 0.669. The molecule has 0 atom stereocenters. The van der Waals surface area contributed by atoms with Crippen molar-refractivity contribution in [3.63, 3.8) is 0 Å². The Balaban J connectivity index is 1.12. The molecule has 260 valence electrons. The zero-order valence-electron chi connectivity index (χ0n) is 29.9. The molecule has 0 spiro atoms. The van der Waals surface area contributed by atoms with E-state index in [4.69, 9.17) is 23.8 Å². The minimum atomic E-state index is 0.544. The van der Waals surface area contributed by atoms with E-state index >= 15 is 0 Å². The Morgan fingerprint density at radius 2 is 0.839 bits per heavy atom. The van der Waals surface area contributed by atoms with Gasteiger partial charge >= 0.3 is 0 Å². The van der Waals surface area contributed by atoms with Gasteiger partial charge in [0.05, 0.1) is 5.56 Å². The van der Waals surface area contributed by atoms with Crippen molar-refractivity contribution in [1.82, 2.24) is 15.0 Å². The average Bonchev–Trinajstić information content (AvgIpc) is 3.85. The normalized spacial score (nSPS) is 11.9. The molecule has 0 aliphatic carbocycles. The number of aromatic nitrogens is 3. The van der Waals surface area contributed by atoms with Gasteiger partial charge in [-0.25, -0.2) is 15.0 Å². The Kier molecular flexibility index (Phi) is 6.56. The zero-order chi connectivity index (χ0) is 36.7. The molecule has 3 heterocycles. The fourth-order valence-electron chi connectivity index (χ4n) is 8.47. The molecule has 0 N–H and O–H groups in total. The van der Waals surface area contributed by atoms with E-state index in [-0.39, 0.29) is 0 Å². The summed E-state index contributed by atoms with van der Waals surface area (Å²) in [4.78, 5) is 15.5. The molecule has 3 aromatic heterocycles. The van der Waals surface area contributed by atoms with E-state index in [1.54, 1.807) is 0 Å². The Labute approximate surface area is 320 Å². The second-order valence-corrected chi connectivity index (χ2v) is 14.3. The summed E-state index contributed by atoms with van der Waals surface area (Å²) in [7, 11) is 0. The average molecular weight is 716 g/mol. The monoisotopic (exact) mass is 715 g/mol. The highest BCUT2D eigenvalue weighted by atomic mass is 16.3. The summed E-state index contributed by atoms with van der Waals surface area (Å²) >= 11 is 0. The van der Waals surface area contributed by atoms with Gasteiger partial charge in [-0.3, -0.25) is 0 Å². The lowest BCUT2D eigenvalue weighted by Crippen LogP contribution is -2.00. The first-order valence-electron chi connectivity index (χ1n) is 18.8. The second-order valence-electron chi connectivity index (χ2n) is 14.3. The zero-order valence-corrected chi connectivity index (χ0v) is 29.9. The molecule has 56 heavy (non-hydrogen) atoms. The topological polar surface area (TPSA) is 65.0 Å². The SMILES string of the molecule is c1ccc(-c2cccc(-c3nc(-c4ccccc4)nc(-c4cc(-c5ccc6c(c5)c5cccc7oc8cccc6c8c75)cc5c4oc4ccccc45)n3)c2)cc1. The number of hydrogen-bond donors (Lipinski definition) is 0.